The molecule has 0 aromatic heterocycles. The van der Waals surface area contributed by atoms with Crippen molar-refractivity contribution >= 4 is 11.7 Å². The number of esters is 1. The first-order valence-electron chi connectivity index (χ1n) is 6.82. The predicted molar refractivity (Wildman–Crippen MR) is 76.2 cm³/mol. The average molecular weight is 279 g/mol. The monoisotopic (exact) mass is 279 g/mol. The molecule has 0 aromatic carbocycles. The van der Waals surface area contributed by atoms with E-state index in [2.05, 4.69) is 15.8 Å². The van der Waals surface area contributed by atoms with Crippen LogP contribution in [-0.2, 0) is 9.53 Å². The second kappa shape index (κ2) is 6.09. The highest BCUT2D eigenvalue weighted by Gasteiger charge is 2.37. The zero-order chi connectivity index (χ0) is 14.7. The molecule has 6 heteroatoms. The Bertz CT molecular complexity index is 482. The lowest BCUT2D eigenvalue weighted by molar-refractivity contribution is -0.146. The van der Waals surface area contributed by atoms with Crippen molar-refractivity contribution in [2.24, 2.45) is 11.0 Å². The third kappa shape index (κ3) is 3.01. The molecule has 110 valence electrons. The quantitative estimate of drug-likeness (QED) is 0.674. The molecule has 3 atom stereocenters. The van der Waals surface area contributed by atoms with Crippen LogP contribution in [0.4, 0.5) is 0 Å². The van der Waals surface area contributed by atoms with Crippen LogP contribution in [0.15, 0.2) is 28.6 Å². The second-order valence-corrected chi connectivity index (χ2v) is 5.06. The lowest BCUT2D eigenvalue weighted by atomic mass is 9.96. The second-order valence-electron chi connectivity index (χ2n) is 5.06. The Morgan fingerprint density at radius 1 is 1.60 bits per heavy atom. The Labute approximate surface area is 118 Å². The van der Waals surface area contributed by atoms with Gasteiger partial charge in [-0.3, -0.25) is 15.5 Å². The molecular formula is C14H21N3O3. The maximum Gasteiger partial charge on any atom is 0.318 e. The molecule has 20 heavy (non-hydrogen) atoms. The predicted octanol–water partition coefficient (Wildman–Crippen LogP) is 1.22. The lowest BCUT2D eigenvalue weighted by Crippen LogP contribution is -2.51. The topological polar surface area (TPSA) is 83.0 Å². The number of ether oxygens (including phenoxy) is 1. The van der Waals surface area contributed by atoms with E-state index < -0.39 is 5.92 Å². The van der Waals surface area contributed by atoms with Crippen LogP contribution in [0.25, 0.3) is 0 Å². The van der Waals surface area contributed by atoms with E-state index in [1.54, 1.807) is 19.1 Å². The average Bonchev–Trinajstić information content (AvgIpc) is 2.74. The van der Waals surface area contributed by atoms with Gasteiger partial charge in [-0.1, -0.05) is 5.57 Å². The molecule has 0 radical (unpaired) electrons. The normalized spacial score (nSPS) is 29.1. The Morgan fingerprint density at radius 3 is 3.00 bits per heavy atom. The van der Waals surface area contributed by atoms with E-state index in [-0.39, 0.29) is 23.9 Å². The van der Waals surface area contributed by atoms with Gasteiger partial charge in [-0.05, 0) is 39.3 Å². The van der Waals surface area contributed by atoms with Crippen molar-refractivity contribution < 1.29 is 14.6 Å². The van der Waals surface area contributed by atoms with Gasteiger partial charge < -0.3 is 9.84 Å². The number of aliphatic hydroxyl groups is 1. The molecular weight excluding hydrogens is 258 g/mol. The van der Waals surface area contributed by atoms with Crippen LogP contribution in [0.5, 0.6) is 0 Å². The fraction of sp³-hybridized carbons (Fsp3) is 0.571. The highest BCUT2D eigenvalue weighted by molar-refractivity contribution is 6.02. The van der Waals surface area contributed by atoms with Crippen LogP contribution in [0, 0.1) is 5.92 Å². The summed E-state index contributed by atoms with van der Waals surface area (Å²) in [6.45, 7) is 5.90. The molecule has 1 aliphatic heterocycles. The van der Waals surface area contributed by atoms with Gasteiger partial charge in [-0.15, -0.1) is 0 Å². The number of allylic oxidation sites excluding steroid dienone is 1. The summed E-state index contributed by atoms with van der Waals surface area (Å²) in [6, 6.07) is 0.0708. The summed E-state index contributed by atoms with van der Waals surface area (Å²) in [4.78, 5) is 12.0. The summed E-state index contributed by atoms with van der Waals surface area (Å²) in [5, 5.41) is 16.9. The van der Waals surface area contributed by atoms with Gasteiger partial charge in [0, 0.05) is 6.04 Å². The van der Waals surface area contributed by atoms with Crippen molar-refractivity contribution in [1.29, 1.82) is 0 Å². The summed E-state index contributed by atoms with van der Waals surface area (Å²) in [5.41, 5.74) is 4.69. The highest BCUT2D eigenvalue weighted by Crippen LogP contribution is 2.20. The molecule has 1 heterocycles. The molecule has 0 spiro atoms. The summed E-state index contributed by atoms with van der Waals surface area (Å²) in [5.74, 6) is -0.399. The number of nitrogens with one attached hydrogen (secondary N) is 2. The molecule has 2 aliphatic rings. The van der Waals surface area contributed by atoms with Gasteiger partial charge in [0.15, 0.2) is 0 Å². The van der Waals surface area contributed by atoms with Crippen LogP contribution >= 0.6 is 0 Å². The standard InChI is InChI=1S/C14H21N3O3/c1-4-20-14(19)12-9(3)16-17-13(12)15-11-6-5-10(18)7-8(11)2/h5,7,11-13,15,17-18H,4,6H2,1-3H3. The number of carbonyl (C=O) groups excluding carboxylic acids is 1. The zero-order valence-corrected chi connectivity index (χ0v) is 12.0. The van der Waals surface area contributed by atoms with Crippen molar-refractivity contribution in [3.05, 3.63) is 23.5 Å². The number of nitrogens with zero attached hydrogens (tertiary/aromatic N) is 1. The van der Waals surface area contributed by atoms with Crippen molar-refractivity contribution in [1.82, 2.24) is 10.7 Å². The van der Waals surface area contributed by atoms with Crippen molar-refractivity contribution in [2.45, 2.75) is 39.4 Å². The molecule has 3 N–H and O–H groups in total. The minimum Gasteiger partial charge on any atom is -0.508 e. The maximum atomic E-state index is 12.0. The highest BCUT2D eigenvalue weighted by atomic mass is 16.5. The van der Waals surface area contributed by atoms with E-state index in [0.29, 0.717) is 13.0 Å². The van der Waals surface area contributed by atoms with Gasteiger partial charge in [0.05, 0.1) is 12.3 Å². The fourth-order valence-corrected chi connectivity index (χ4v) is 2.46. The summed E-state index contributed by atoms with van der Waals surface area (Å²) < 4.78 is 5.09. The van der Waals surface area contributed by atoms with Gasteiger partial charge >= 0.3 is 5.97 Å². The fourth-order valence-electron chi connectivity index (χ4n) is 2.46. The van der Waals surface area contributed by atoms with Crippen LogP contribution in [-0.4, -0.2) is 35.6 Å². The number of hydrogen-bond acceptors (Lipinski definition) is 6. The number of hydrazone groups is 1. The molecule has 3 unspecified atom stereocenters. The molecule has 0 fully saturated rings. The van der Waals surface area contributed by atoms with Crippen molar-refractivity contribution in [3.8, 4) is 0 Å². The van der Waals surface area contributed by atoms with E-state index in [1.807, 2.05) is 13.8 Å². The summed E-state index contributed by atoms with van der Waals surface area (Å²) in [7, 11) is 0. The van der Waals surface area contributed by atoms with Gasteiger partial charge in [-0.2, -0.15) is 5.10 Å². The number of carbonyl (C=O) groups is 1. The van der Waals surface area contributed by atoms with E-state index in [9.17, 15) is 9.90 Å². The van der Waals surface area contributed by atoms with Gasteiger partial charge in [0.25, 0.3) is 0 Å². The molecule has 0 saturated heterocycles. The zero-order valence-electron chi connectivity index (χ0n) is 12.0. The molecule has 0 bridgehead atoms. The van der Waals surface area contributed by atoms with Crippen molar-refractivity contribution in [2.75, 3.05) is 6.61 Å². The van der Waals surface area contributed by atoms with E-state index in [4.69, 9.17) is 4.74 Å². The largest absolute Gasteiger partial charge is 0.508 e. The van der Waals surface area contributed by atoms with Crippen LogP contribution < -0.4 is 10.7 Å². The van der Waals surface area contributed by atoms with Gasteiger partial charge in [-0.25, -0.2) is 0 Å². The molecule has 2 rings (SSSR count). The van der Waals surface area contributed by atoms with Gasteiger partial charge in [0.2, 0.25) is 0 Å². The van der Waals surface area contributed by atoms with Crippen LogP contribution in [0.2, 0.25) is 0 Å². The Kier molecular flexibility index (Phi) is 4.44. The summed E-state index contributed by atoms with van der Waals surface area (Å²) >= 11 is 0. The Hall–Kier alpha value is -1.82. The smallest absolute Gasteiger partial charge is 0.318 e. The van der Waals surface area contributed by atoms with E-state index in [0.717, 1.165) is 11.3 Å². The number of aliphatic hydroxyl groups excluding tert-OH is 1. The minimum absolute atomic E-state index is 0.0708. The Morgan fingerprint density at radius 2 is 2.35 bits per heavy atom. The maximum absolute atomic E-state index is 12.0. The number of rotatable bonds is 4. The first-order chi connectivity index (χ1) is 9.52. The lowest BCUT2D eigenvalue weighted by Gasteiger charge is -2.27. The SMILES string of the molecule is CCOC(=O)C1C(C)=NNC1NC1CC=C(O)C=C1C. The van der Waals surface area contributed by atoms with E-state index in [1.165, 1.54) is 0 Å². The van der Waals surface area contributed by atoms with Crippen LogP contribution in [0.1, 0.15) is 27.2 Å². The summed E-state index contributed by atoms with van der Waals surface area (Å²) in [6.07, 6.45) is 3.88. The number of hydrogen-bond donors (Lipinski definition) is 3. The molecule has 0 amide bonds. The van der Waals surface area contributed by atoms with E-state index >= 15 is 0 Å². The molecule has 0 aromatic rings. The van der Waals surface area contributed by atoms with Gasteiger partial charge in [0.1, 0.15) is 17.8 Å². The Balaban J connectivity index is 2.03. The first kappa shape index (κ1) is 14.6. The van der Waals surface area contributed by atoms with Crippen molar-refractivity contribution in [3.63, 3.8) is 0 Å². The molecule has 6 nitrogen and oxygen atoms in total. The first-order valence-corrected chi connectivity index (χ1v) is 6.82. The minimum atomic E-state index is -0.415. The molecule has 1 aliphatic carbocycles. The molecule has 0 saturated carbocycles. The third-order valence-corrected chi connectivity index (χ3v) is 3.57. The van der Waals surface area contributed by atoms with Crippen LogP contribution in [0.3, 0.4) is 0 Å². The third-order valence-electron chi connectivity index (χ3n) is 3.57.